The Labute approximate surface area is 162 Å². The topological polar surface area (TPSA) is 66.8 Å². The zero-order chi connectivity index (χ0) is 19.2. The lowest BCUT2D eigenvalue weighted by molar-refractivity contribution is 0.188. The first kappa shape index (κ1) is 19.8. The van der Waals surface area contributed by atoms with E-state index in [1.54, 1.807) is 12.4 Å². The van der Waals surface area contributed by atoms with E-state index >= 15 is 0 Å². The highest BCUT2D eigenvalue weighted by Crippen LogP contribution is 2.25. The van der Waals surface area contributed by atoms with Gasteiger partial charge in [0.25, 0.3) is 0 Å². The van der Waals surface area contributed by atoms with Gasteiger partial charge in [0.2, 0.25) is 0 Å². The van der Waals surface area contributed by atoms with Crippen molar-refractivity contribution in [3.05, 3.63) is 40.3 Å². The smallest absolute Gasteiger partial charge is 0.303 e. The van der Waals surface area contributed by atoms with Gasteiger partial charge in [-0.1, -0.05) is 33.1 Å². The zero-order valence-corrected chi connectivity index (χ0v) is 16.9. The highest BCUT2D eigenvalue weighted by Gasteiger charge is 2.25. The molecule has 1 aliphatic heterocycles. The Hall–Kier alpha value is -1.95. The van der Waals surface area contributed by atoms with Crippen molar-refractivity contribution in [2.24, 2.45) is 5.92 Å². The standard InChI is InChI=1S/C21H33N5O/c1-4-7-17(5-2)10-13-25-12-6-8-18(15-25)20-23-21(27)26(24-20)19-14-22-11-9-16(19)3/h9,11,14,17-18H,4-8,10,12-13,15H2,1-3H3,(H,23,24,27)/t17?,18-/m0/s1. The van der Waals surface area contributed by atoms with Gasteiger partial charge in [-0.2, -0.15) is 4.68 Å². The molecule has 0 bridgehead atoms. The Balaban J connectivity index is 1.67. The van der Waals surface area contributed by atoms with Gasteiger partial charge in [-0.25, -0.2) is 4.79 Å². The van der Waals surface area contributed by atoms with Crippen LogP contribution < -0.4 is 5.69 Å². The van der Waals surface area contributed by atoms with Crippen LogP contribution in [0.2, 0.25) is 0 Å². The number of piperidine rings is 1. The van der Waals surface area contributed by atoms with Gasteiger partial charge >= 0.3 is 5.69 Å². The van der Waals surface area contributed by atoms with Gasteiger partial charge in [-0.05, 0) is 56.8 Å². The third-order valence-electron chi connectivity index (χ3n) is 5.89. The first-order chi connectivity index (χ1) is 13.1. The van der Waals surface area contributed by atoms with Crippen LogP contribution in [0.15, 0.2) is 23.3 Å². The fourth-order valence-electron chi connectivity index (χ4n) is 4.17. The third kappa shape index (κ3) is 4.86. The van der Waals surface area contributed by atoms with Crippen LogP contribution in [0.1, 0.15) is 69.7 Å². The van der Waals surface area contributed by atoms with Crippen molar-refractivity contribution in [1.29, 1.82) is 0 Å². The molecule has 6 heteroatoms. The average Bonchev–Trinajstić information content (AvgIpc) is 3.07. The monoisotopic (exact) mass is 371 g/mol. The first-order valence-electron chi connectivity index (χ1n) is 10.4. The van der Waals surface area contributed by atoms with Crippen LogP contribution in [0.25, 0.3) is 5.69 Å². The molecule has 27 heavy (non-hydrogen) atoms. The SMILES string of the molecule is CCCC(CC)CCN1CCC[C@H](c2nn(-c3cnccc3C)c(=O)[nH]2)C1. The van der Waals surface area contributed by atoms with Gasteiger partial charge in [-0.3, -0.25) is 9.97 Å². The van der Waals surface area contributed by atoms with E-state index < -0.39 is 0 Å². The second kappa shape index (κ2) is 9.31. The fourth-order valence-corrected chi connectivity index (χ4v) is 4.17. The lowest BCUT2D eigenvalue weighted by atomic mass is 9.94. The molecular weight excluding hydrogens is 338 g/mol. The number of nitrogens with zero attached hydrogens (tertiary/aromatic N) is 4. The summed E-state index contributed by atoms with van der Waals surface area (Å²) in [4.78, 5) is 22.1. The minimum atomic E-state index is -0.174. The quantitative estimate of drug-likeness (QED) is 0.769. The van der Waals surface area contributed by atoms with Crippen molar-refractivity contribution >= 4 is 0 Å². The van der Waals surface area contributed by atoms with E-state index in [0.29, 0.717) is 5.92 Å². The van der Waals surface area contributed by atoms with Gasteiger partial charge in [0.1, 0.15) is 5.82 Å². The normalized spacial score (nSPS) is 19.3. The molecule has 0 radical (unpaired) electrons. The molecule has 148 valence electrons. The van der Waals surface area contributed by atoms with Gasteiger partial charge < -0.3 is 4.90 Å². The number of likely N-dealkylation sites (tertiary alicyclic amines) is 1. The molecule has 1 N–H and O–H groups in total. The number of aromatic nitrogens is 4. The van der Waals surface area contributed by atoms with Crippen LogP contribution in [-0.4, -0.2) is 44.3 Å². The molecular formula is C21H33N5O. The van der Waals surface area contributed by atoms with Gasteiger partial charge in [0.15, 0.2) is 0 Å². The van der Waals surface area contributed by atoms with E-state index in [4.69, 9.17) is 0 Å². The minimum absolute atomic E-state index is 0.174. The highest BCUT2D eigenvalue weighted by molar-refractivity contribution is 5.35. The second-order valence-electron chi connectivity index (χ2n) is 7.88. The number of hydrogen-bond donors (Lipinski definition) is 1. The number of rotatable bonds is 8. The first-order valence-corrected chi connectivity index (χ1v) is 10.4. The molecule has 1 aliphatic rings. The number of pyridine rings is 1. The third-order valence-corrected chi connectivity index (χ3v) is 5.89. The average molecular weight is 372 g/mol. The molecule has 3 heterocycles. The molecule has 1 unspecified atom stereocenters. The number of nitrogens with one attached hydrogen (secondary N) is 1. The van der Waals surface area contributed by atoms with E-state index in [9.17, 15) is 4.79 Å². The van der Waals surface area contributed by atoms with E-state index in [-0.39, 0.29) is 5.69 Å². The number of aromatic amines is 1. The van der Waals surface area contributed by atoms with Gasteiger partial charge in [0, 0.05) is 18.7 Å². The van der Waals surface area contributed by atoms with Crippen LogP contribution in [0.3, 0.4) is 0 Å². The van der Waals surface area contributed by atoms with Crippen molar-refractivity contribution in [3.8, 4) is 5.69 Å². The molecule has 2 aromatic heterocycles. The van der Waals surface area contributed by atoms with Crippen LogP contribution in [-0.2, 0) is 0 Å². The maximum absolute atomic E-state index is 12.4. The summed E-state index contributed by atoms with van der Waals surface area (Å²) >= 11 is 0. The fraction of sp³-hybridized carbons (Fsp3) is 0.667. The van der Waals surface area contributed by atoms with Crippen molar-refractivity contribution in [2.75, 3.05) is 19.6 Å². The molecule has 0 aliphatic carbocycles. The number of H-pyrrole nitrogens is 1. The maximum atomic E-state index is 12.4. The van der Waals surface area contributed by atoms with E-state index in [1.165, 1.54) is 30.4 Å². The summed E-state index contributed by atoms with van der Waals surface area (Å²) in [5, 5.41) is 4.62. The molecule has 2 aromatic rings. The van der Waals surface area contributed by atoms with E-state index in [0.717, 1.165) is 55.5 Å². The summed E-state index contributed by atoms with van der Waals surface area (Å²) in [6, 6.07) is 1.90. The summed E-state index contributed by atoms with van der Waals surface area (Å²) in [7, 11) is 0. The Morgan fingerprint density at radius 2 is 2.19 bits per heavy atom. The molecule has 0 spiro atoms. The Morgan fingerprint density at radius 1 is 1.33 bits per heavy atom. The summed E-state index contributed by atoms with van der Waals surface area (Å²) in [6.07, 6.45) is 10.8. The van der Waals surface area contributed by atoms with Crippen LogP contribution in [0.5, 0.6) is 0 Å². The Kier molecular flexibility index (Phi) is 6.83. The summed E-state index contributed by atoms with van der Waals surface area (Å²) in [5.74, 6) is 1.95. The summed E-state index contributed by atoms with van der Waals surface area (Å²) in [5.41, 5.74) is 1.58. The van der Waals surface area contributed by atoms with Crippen molar-refractivity contribution < 1.29 is 0 Å². The predicted molar refractivity (Wildman–Crippen MR) is 108 cm³/mol. The molecule has 0 saturated carbocycles. The molecule has 0 aromatic carbocycles. The second-order valence-corrected chi connectivity index (χ2v) is 7.88. The lowest BCUT2D eigenvalue weighted by Crippen LogP contribution is -2.36. The Morgan fingerprint density at radius 3 is 2.93 bits per heavy atom. The molecule has 1 saturated heterocycles. The molecule has 0 amide bonds. The van der Waals surface area contributed by atoms with E-state index in [2.05, 4.69) is 33.8 Å². The molecule has 3 rings (SSSR count). The zero-order valence-electron chi connectivity index (χ0n) is 16.9. The maximum Gasteiger partial charge on any atom is 0.348 e. The lowest BCUT2D eigenvalue weighted by Gasteiger charge is -2.32. The van der Waals surface area contributed by atoms with Crippen molar-refractivity contribution in [2.45, 2.75) is 65.2 Å². The largest absolute Gasteiger partial charge is 0.348 e. The van der Waals surface area contributed by atoms with E-state index in [1.807, 2.05) is 13.0 Å². The summed E-state index contributed by atoms with van der Waals surface area (Å²) < 4.78 is 1.46. The van der Waals surface area contributed by atoms with Crippen molar-refractivity contribution in [1.82, 2.24) is 24.6 Å². The number of hydrogen-bond acceptors (Lipinski definition) is 4. The molecule has 6 nitrogen and oxygen atoms in total. The molecule has 1 fully saturated rings. The van der Waals surface area contributed by atoms with Gasteiger partial charge in [0.05, 0.1) is 11.9 Å². The predicted octanol–water partition coefficient (Wildman–Crippen LogP) is 3.66. The van der Waals surface area contributed by atoms with Crippen LogP contribution in [0, 0.1) is 12.8 Å². The van der Waals surface area contributed by atoms with Crippen molar-refractivity contribution in [3.63, 3.8) is 0 Å². The van der Waals surface area contributed by atoms with Crippen LogP contribution >= 0.6 is 0 Å². The minimum Gasteiger partial charge on any atom is -0.303 e. The van der Waals surface area contributed by atoms with Gasteiger partial charge in [-0.15, -0.1) is 5.10 Å². The Bertz CT molecular complexity index is 781. The number of aryl methyl sites for hydroxylation is 1. The summed E-state index contributed by atoms with van der Waals surface area (Å²) in [6.45, 7) is 9.85. The molecule has 2 atom stereocenters. The van der Waals surface area contributed by atoms with Crippen LogP contribution in [0.4, 0.5) is 0 Å². The highest BCUT2D eigenvalue weighted by atomic mass is 16.1.